The molecule has 1 fully saturated rings. The monoisotopic (exact) mass is 277 g/mol. The van der Waals surface area contributed by atoms with E-state index in [1.807, 2.05) is 16.8 Å². The van der Waals surface area contributed by atoms with Crippen molar-refractivity contribution in [2.45, 2.75) is 24.9 Å². The maximum atomic E-state index is 9.78. The van der Waals surface area contributed by atoms with Gasteiger partial charge >= 0.3 is 7.12 Å². The fourth-order valence-electron chi connectivity index (χ4n) is 2.64. The molecule has 1 aromatic heterocycles. The molecule has 0 saturated carbocycles. The number of ether oxygens (including phenoxy) is 1. The lowest BCUT2D eigenvalue weighted by atomic mass is 9.80. The minimum atomic E-state index is -1.49. The van der Waals surface area contributed by atoms with Gasteiger partial charge in [0, 0.05) is 12.6 Å². The van der Waals surface area contributed by atoms with Gasteiger partial charge in [0.25, 0.3) is 0 Å². The van der Waals surface area contributed by atoms with Crippen LogP contribution in [-0.2, 0) is 4.74 Å². The first-order chi connectivity index (χ1) is 9.60. The summed E-state index contributed by atoms with van der Waals surface area (Å²) in [6.45, 7) is -0.211. The molecule has 0 bridgehead atoms. The van der Waals surface area contributed by atoms with Gasteiger partial charge in [-0.25, -0.2) is 0 Å². The molecule has 7 heteroatoms. The van der Waals surface area contributed by atoms with Crippen molar-refractivity contribution >= 4 is 23.5 Å². The zero-order valence-corrected chi connectivity index (χ0v) is 10.8. The van der Waals surface area contributed by atoms with Crippen LogP contribution in [0.1, 0.15) is 12.6 Å². The summed E-state index contributed by atoms with van der Waals surface area (Å²) in [6, 6.07) is 6.97. The number of rotatable bonds is 3. The Morgan fingerprint density at radius 3 is 2.75 bits per heavy atom. The largest absolute Gasteiger partial charge is 0.488 e. The van der Waals surface area contributed by atoms with Crippen LogP contribution in [-0.4, -0.2) is 50.8 Å². The Morgan fingerprint density at radius 2 is 2.10 bits per heavy atom. The molecule has 0 spiro atoms. The molecule has 0 aliphatic carbocycles. The minimum absolute atomic E-state index is 0.211. The molecule has 1 aliphatic rings. The van der Waals surface area contributed by atoms with Crippen molar-refractivity contribution in [2.24, 2.45) is 0 Å². The molecule has 0 radical (unpaired) electrons. The Labute approximate surface area is 116 Å². The highest BCUT2D eigenvalue weighted by molar-refractivity contribution is 6.58. The van der Waals surface area contributed by atoms with Crippen molar-refractivity contribution < 1.29 is 25.0 Å². The third-order valence-electron chi connectivity index (χ3n) is 3.74. The molecule has 2 aromatic rings. The second-order valence-corrected chi connectivity index (χ2v) is 5.03. The quantitative estimate of drug-likeness (QED) is 0.538. The summed E-state index contributed by atoms with van der Waals surface area (Å²) in [6.07, 6.45) is 0.677. The molecule has 0 unspecified atom stereocenters. The number of nitrogens with zero attached hydrogens (tertiary/aromatic N) is 1. The van der Waals surface area contributed by atoms with E-state index >= 15 is 0 Å². The molecule has 0 amide bonds. The van der Waals surface area contributed by atoms with Crippen LogP contribution in [0, 0.1) is 0 Å². The van der Waals surface area contributed by atoms with E-state index < -0.39 is 19.3 Å². The number of benzene rings is 1. The summed E-state index contributed by atoms with van der Waals surface area (Å²) in [5.74, 6) is 0. The van der Waals surface area contributed by atoms with Crippen LogP contribution in [0.3, 0.4) is 0 Å². The van der Waals surface area contributed by atoms with Gasteiger partial charge in [0.1, 0.15) is 12.3 Å². The van der Waals surface area contributed by atoms with E-state index in [1.165, 1.54) is 0 Å². The topological polar surface area (TPSA) is 95.1 Å². The minimum Gasteiger partial charge on any atom is -0.423 e. The third-order valence-corrected chi connectivity index (χ3v) is 3.74. The van der Waals surface area contributed by atoms with E-state index in [-0.39, 0.29) is 12.8 Å². The summed E-state index contributed by atoms with van der Waals surface area (Å²) in [7, 11) is -1.49. The Hall–Kier alpha value is -1.38. The highest BCUT2D eigenvalue weighted by Crippen LogP contribution is 2.31. The fraction of sp³-hybridized carbons (Fsp3) is 0.385. The van der Waals surface area contributed by atoms with Gasteiger partial charge < -0.3 is 29.6 Å². The second-order valence-electron chi connectivity index (χ2n) is 5.03. The molecule has 1 saturated heterocycles. The van der Waals surface area contributed by atoms with Crippen LogP contribution >= 0.6 is 0 Å². The molecule has 20 heavy (non-hydrogen) atoms. The lowest BCUT2D eigenvalue weighted by molar-refractivity contribution is -0.0428. The lowest BCUT2D eigenvalue weighted by Crippen LogP contribution is -2.29. The number of hydrogen-bond acceptors (Lipinski definition) is 5. The van der Waals surface area contributed by atoms with E-state index in [0.717, 1.165) is 10.9 Å². The van der Waals surface area contributed by atoms with Crippen LogP contribution in [0.25, 0.3) is 10.9 Å². The van der Waals surface area contributed by atoms with Gasteiger partial charge in [-0.3, -0.25) is 0 Å². The molecule has 1 aromatic carbocycles. The van der Waals surface area contributed by atoms with Gasteiger partial charge in [-0.1, -0.05) is 12.1 Å². The predicted octanol–water partition coefficient (Wildman–Crippen LogP) is -1.04. The molecule has 3 rings (SSSR count). The standard InChI is InChI=1S/C13H16BNO5/c16-7-12-11(17)6-13(20-12)15-4-3-8-5-9(14(18)19)1-2-10(8)15/h1-5,11-13,16-19H,6-7H2/t11-,12+,13+/m0/s1. The average Bonchev–Trinajstić information content (AvgIpc) is 3.00. The molecule has 4 N–H and O–H groups in total. The third kappa shape index (κ3) is 2.23. The number of fused-ring (bicyclic) bond motifs is 1. The van der Waals surface area contributed by atoms with Crippen LogP contribution in [0.15, 0.2) is 30.5 Å². The normalized spacial score (nSPS) is 26.3. The van der Waals surface area contributed by atoms with Gasteiger partial charge in [-0.2, -0.15) is 0 Å². The van der Waals surface area contributed by atoms with Crippen molar-refractivity contribution in [1.29, 1.82) is 0 Å². The molecule has 106 valence electrons. The van der Waals surface area contributed by atoms with Gasteiger partial charge in [0.2, 0.25) is 0 Å². The lowest BCUT2D eigenvalue weighted by Gasteiger charge is -2.15. The van der Waals surface area contributed by atoms with E-state index in [9.17, 15) is 5.11 Å². The first-order valence-electron chi connectivity index (χ1n) is 6.51. The van der Waals surface area contributed by atoms with Gasteiger partial charge in [0.15, 0.2) is 0 Å². The first kappa shape index (κ1) is 13.6. The number of aromatic nitrogens is 1. The summed E-state index contributed by atoms with van der Waals surface area (Å²) in [4.78, 5) is 0. The summed E-state index contributed by atoms with van der Waals surface area (Å²) in [5, 5.41) is 38.1. The van der Waals surface area contributed by atoms with E-state index in [1.54, 1.807) is 18.2 Å². The zero-order valence-electron chi connectivity index (χ0n) is 10.8. The maximum absolute atomic E-state index is 9.78. The zero-order chi connectivity index (χ0) is 14.3. The Kier molecular flexibility index (Phi) is 3.53. The molecular formula is C13H16BNO5. The number of hydrogen-bond donors (Lipinski definition) is 4. The maximum Gasteiger partial charge on any atom is 0.488 e. The average molecular weight is 277 g/mol. The van der Waals surface area contributed by atoms with E-state index in [2.05, 4.69) is 0 Å². The highest BCUT2D eigenvalue weighted by atomic mass is 16.5. The van der Waals surface area contributed by atoms with Crippen LogP contribution in [0.5, 0.6) is 0 Å². The fourth-order valence-corrected chi connectivity index (χ4v) is 2.64. The predicted molar refractivity (Wildman–Crippen MR) is 73.4 cm³/mol. The summed E-state index contributed by atoms with van der Waals surface area (Å²) >= 11 is 0. The van der Waals surface area contributed by atoms with Crippen LogP contribution in [0.2, 0.25) is 0 Å². The van der Waals surface area contributed by atoms with Crippen molar-refractivity contribution in [1.82, 2.24) is 4.57 Å². The number of aliphatic hydroxyl groups is 2. The molecule has 1 aliphatic heterocycles. The van der Waals surface area contributed by atoms with Crippen molar-refractivity contribution in [3.05, 3.63) is 30.5 Å². The Bertz CT molecular complexity index is 614. The molecule has 3 atom stereocenters. The summed E-state index contributed by atoms with van der Waals surface area (Å²) < 4.78 is 7.49. The molecule has 6 nitrogen and oxygen atoms in total. The van der Waals surface area contributed by atoms with Gasteiger partial charge in [0.05, 0.1) is 18.2 Å². The van der Waals surface area contributed by atoms with Crippen molar-refractivity contribution in [3.8, 4) is 0 Å². The number of aliphatic hydroxyl groups excluding tert-OH is 2. The van der Waals surface area contributed by atoms with Gasteiger partial charge in [-0.05, 0) is 23.0 Å². The molecular weight excluding hydrogens is 261 g/mol. The van der Waals surface area contributed by atoms with E-state index in [0.29, 0.717) is 11.9 Å². The smallest absolute Gasteiger partial charge is 0.423 e. The molecule has 2 heterocycles. The second kappa shape index (κ2) is 5.19. The highest BCUT2D eigenvalue weighted by Gasteiger charge is 2.34. The first-order valence-corrected chi connectivity index (χ1v) is 6.51. The van der Waals surface area contributed by atoms with Crippen molar-refractivity contribution in [2.75, 3.05) is 6.61 Å². The van der Waals surface area contributed by atoms with Gasteiger partial charge in [-0.15, -0.1) is 0 Å². The Morgan fingerprint density at radius 1 is 1.30 bits per heavy atom. The summed E-state index contributed by atoms with van der Waals surface area (Å²) in [5.41, 5.74) is 1.31. The SMILES string of the molecule is OC[C@H]1O[C@@H](n2ccc3cc(B(O)O)ccc32)C[C@@H]1O. The van der Waals surface area contributed by atoms with Crippen LogP contribution in [0.4, 0.5) is 0 Å². The van der Waals surface area contributed by atoms with Crippen molar-refractivity contribution in [3.63, 3.8) is 0 Å². The van der Waals surface area contributed by atoms with Crippen LogP contribution < -0.4 is 5.46 Å². The van der Waals surface area contributed by atoms with E-state index in [4.69, 9.17) is 19.9 Å². The Balaban J connectivity index is 1.93.